The highest BCUT2D eigenvalue weighted by atomic mass is 15.3. The predicted octanol–water partition coefficient (Wildman–Crippen LogP) is 2.08. The normalized spacial score (nSPS) is 19.4. The molecule has 4 heterocycles. The van der Waals surface area contributed by atoms with E-state index in [1.807, 2.05) is 48.2 Å². The molecule has 2 atom stereocenters. The van der Waals surface area contributed by atoms with Crippen LogP contribution in [0.15, 0.2) is 24.8 Å². The number of hydrogen-bond donors (Lipinski definition) is 0. The molecule has 26 heavy (non-hydrogen) atoms. The van der Waals surface area contributed by atoms with Crippen LogP contribution >= 0.6 is 0 Å². The van der Waals surface area contributed by atoms with Crippen molar-refractivity contribution in [1.82, 2.24) is 39.1 Å². The molecule has 0 aromatic carbocycles. The van der Waals surface area contributed by atoms with Crippen LogP contribution in [0.2, 0.25) is 0 Å². The lowest BCUT2D eigenvalue weighted by Gasteiger charge is -2.03. The lowest BCUT2D eigenvalue weighted by Crippen LogP contribution is -2.01. The molecule has 0 aliphatic heterocycles. The lowest BCUT2D eigenvalue weighted by molar-refractivity contribution is 0.742. The van der Waals surface area contributed by atoms with Gasteiger partial charge in [0.25, 0.3) is 0 Å². The third-order valence-corrected chi connectivity index (χ3v) is 5.19. The van der Waals surface area contributed by atoms with E-state index in [0.717, 1.165) is 34.7 Å². The number of aromatic nitrogens is 8. The first-order valence-corrected chi connectivity index (χ1v) is 8.70. The van der Waals surface area contributed by atoms with Gasteiger partial charge >= 0.3 is 0 Å². The Morgan fingerprint density at radius 3 is 2.73 bits per heavy atom. The topological polar surface area (TPSA) is 79.2 Å². The van der Waals surface area contributed by atoms with Crippen molar-refractivity contribution in [1.29, 1.82) is 0 Å². The van der Waals surface area contributed by atoms with E-state index >= 15 is 0 Å². The molecule has 4 aromatic rings. The third kappa shape index (κ3) is 2.25. The van der Waals surface area contributed by atoms with Crippen LogP contribution in [0, 0.1) is 6.92 Å². The van der Waals surface area contributed by atoms with Crippen molar-refractivity contribution >= 4 is 11.2 Å². The van der Waals surface area contributed by atoms with Crippen molar-refractivity contribution in [2.24, 2.45) is 21.1 Å². The zero-order valence-corrected chi connectivity index (χ0v) is 15.2. The van der Waals surface area contributed by atoms with Crippen LogP contribution in [0.4, 0.5) is 0 Å². The van der Waals surface area contributed by atoms with Crippen LogP contribution in [0.25, 0.3) is 22.7 Å². The highest BCUT2D eigenvalue weighted by Gasteiger charge is 2.42. The molecule has 132 valence electrons. The van der Waals surface area contributed by atoms with Crippen molar-refractivity contribution in [3.8, 4) is 11.5 Å². The third-order valence-electron chi connectivity index (χ3n) is 5.19. The second-order valence-electron chi connectivity index (χ2n) is 7.13. The molecule has 4 aromatic heterocycles. The zero-order valence-electron chi connectivity index (χ0n) is 15.2. The number of fused-ring (bicyclic) bond motifs is 1. The maximum Gasteiger partial charge on any atom is 0.180 e. The fraction of sp³-hybridized carbons (Fsp3) is 0.389. The van der Waals surface area contributed by atoms with Crippen LogP contribution in [0.5, 0.6) is 0 Å². The molecule has 0 bridgehead atoms. The second kappa shape index (κ2) is 5.23. The minimum absolute atomic E-state index is 0.445. The van der Waals surface area contributed by atoms with Gasteiger partial charge in [0, 0.05) is 33.3 Å². The van der Waals surface area contributed by atoms with E-state index in [1.54, 1.807) is 6.33 Å². The molecule has 2 unspecified atom stereocenters. The van der Waals surface area contributed by atoms with Crippen LogP contribution in [-0.4, -0.2) is 39.1 Å². The van der Waals surface area contributed by atoms with Crippen LogP contribution in [0.1, 0.15) is 35.2 Å². The van der Waals surface area contributed by atoms with Crippen molar-refractivity contribution in [2.45, 2.75) is 25.2 Å². The van der Waals surface area contributed by atoms with Crippen molar-refractivity contribution in [3.05, 3.63) is 41.7 Å². The summed E-state index contributed by atoms with van der Waals surface area (Å²) in [6, 6.07) is 2.12. The Morgan fingerprint density at radius 2 is 1.96 bits per heavy atom. The molecular formula is C18H20N8. The van der Waals surface area contributed by atoms with Crippen molar-refractivity contribution < 1.29 is 0 Å². The minimum atomic E-state index is 0.445. The fourth-order valence-electron chi connectivity index (χ4n) is 3.66. The van der Waals surface area contributed by atoms with Gasteiger partial charge in [0.05, 0.1) is 23.9 Å². The molecule has 0 N–H and O–H groups in total. The Bertz CT molecular complexity index is 1130. The SMILES string of the molecule is Cc1nc(-c2cc(C3CC3c3cnn(C)c3)nn2C)nc2c1ncn2C. The van der Waals surface area contributed by atoms with E-state index in [0.29, 0.717) is 17.7 Å². The maximum absolute atomic E-state index is 4.74. The molecule has 1 aliphatic rings. The molecule has 8 heteroatoms. The Morgan fingerprint density at radius 1 is 1.12 bits per heavy atom. The van der Waals surface area contributed by atoms with Gasteiger partial charge in [-0.1, -0.05) is 0 Å². The summed E-state index contributed by atoms with van der Waals surface area (Å²) in [7, 11) is 5.85. The summed E-state index contributed by atoms with van der Waals surface area (Å²) in [6.45, 7) is 1.97. The summed E-state index contributed by atoms with van der Waals surface area (Å²) in [5.41, 5.74) is 5.89. The summed E-state index contributed by atoms with van der Waals surface area (Å²) in [6.07, 6.45) is 6.94. The quantitative estimate of drug-likeness (QED) is 0.566. The molecule has 8 nitrogen and oxygen atoms in total. The smallest absolute Gasteiger partial charge is 0.180 e. The van der Waals surface area contributed by atoms with Gasteiger partial charge < -0.3 is 4.57 Å². The largest absolute Gasteiger partial charge is 0.318 e. The van der Waals surface area contributed by atoms with E-state index in [4.69, 9.17) is 10.1 Å². The molecular weight excluding hydrogens is 328 g/mol. The fourth-order valence-corrected chi connectivity index (χ4v) is 3.66. The summed E-state index contributed by atoms with van der Waals surface area (Å²) in [5.74, 6) is 1.65. The first kappa shape index (κ1) is 15.2. The highest BCUT2D eigenvalue weighted by molar-refractivity contribution is 5.75. The molecule has 1 saturated carbocycles. The first-order chi connectivity index (χ1) is 12.5. The Hall–Kier alpha value is -3.03. The van der Waals surface area contributed by atoms with Gasteiger partial charge in [-0.2, -0.15) is 10.2 Å². The average molecular weight is 348 g/mol. The number of aryl methyl sites for hydroxylation is 4. The Kier molecular flexibility index (Phi) is 3.07. The van der Waals surface area contributed by atoms with Gasteiger partial charge in [-0.25, -0.2) is 15.0 Å². The van der Waals surface area contributed by atoms with Gasteiger partial charge in [0.1, 0.15) is 11.2 Å². The van der Waals surface area contributed by atoms with Crippen molar-refractivity contribution in [3.63, 3.8) is 0 Å². The van der Waals surface area contributed by atoms with Crippen LogP contribution in [0.3, 0.4) is 0 Å². The lowest BCUT2D eigenvalue weighted by atomic mass is 10.1. The standard InChI is InChI=1S/C18H20N8/c1-10-16-18(24(2)9-19-16)22-17(21-10)15-6-14(23-26(15)4)13-5-12(13)11-7-20-25(3)8-11/h6-9,12-13H,5H2,1-4H3. The predicted molar refractivity (Wildman–Crippen MR) is 96.6 cm³/mol. The number of imidazole rings is 1. The van der Waals surface area contributed by atoms with Gasteiger partial charge in [0.15, 0.2) is 11.5 Å². The number of hydrogen-bond acceptors (Lipinski definition) is 5. The Labute approximate surface area is 150 Å². The zero-order chi connectivity index (χ0) is 18.0. The summed E-state index contributed by atoms with van der Waals surface area (Å²) in [4.78, 5) is 13.7. The highest BCUT2D eigenvalue weighted by Crippen LogP contribution is 2.54. The van der Waals surface area contributed by atoms with E-state index in [1.165, 1.54) is 5.56 Å². The molecule has 0 radical (unpaired) electrons. The van der Waals surface area contributed by atoms with Crippen molar-refractivity contribution in [2.75, 3.05) is 0 Å². The molecule has 5 rings (SSSR count). The van der Waals surface area contributed by atoms with E-state index < -0.39 is 0 Å². The summed E-state index contributed by atoms with van der Waals surface area (Å²) in [5, 5.41) is 9.02. The van der Waals surface area contributed by atoms with Crippen LogP contribution < -0.4 is 0 Å². The van der Waals surface area contributed by atoms with Crippen LogP contribution in [-0.2, 0) is 21.1 Å². The van der Waals surface area contributed by atoms with Gasteiger partial charge in [-0.3, -0.25) is 9.36 Å². The Balaban J connectivity index is 1.51. The maximum atomic E-state index is 4.74. The van der Waals surface area contributed by atoms with Gasteiger partial charge in [-0.15, -0.1) is 0 Å². The van der Waals surface area contributed by atoms with E-state index in [2.05, 4.69) is 27.3 Å². The summed E-state index contributed by atoms with van der Waals surface area (Å²) >= 11 is 0. The first-order valence-electron chi connectivity index (χ1n) is 8.70. The molecule has 0 saturated heterocycles. The minimum Gasteiger partial charge on any atom is -0.318 e. The monoisotopic (exact) mass is 348 g/mol. The molecule has 0 spiro atoms. The summed E-state index contributed by atoms with van der Waals surface area (Å²) < 4.78 is 5.66. The van der Waals surface area contributed by atoms with Gasteiger partial charge in [-0.05, 0) is 30.9 Å². The number of rotatable bonds is 3. The number of nitrogens with zero attached hydrogens (tertiary/aromatic N) is 8. The second-order valence-corrected chi connectivity index (χ2v) is 7.13. The molecule has 1 aliphatic carbocycles. The van der Waals surface area contributed by atoms with E-state index in [9.17, 15) is 0 Å². The average Bonchev–Trinajstić information content (AvgIpc) is 2.91. The molecule has 0 amide bonds. The molecule has 1 fully saturated rings. The van der Waals surface area contributed by atoms with Gasteiger partial charge in [0.2, 0.25) is 0 Å². The van der Waals surface area contributed by atoms with E-state index in [-0.39, 0.29) is 0 Å².